The van der Waals surface area contributed by atoms with Crippen molar-refractivity contribution in [1.29, 1.82) is 0 Å². The van der Waals surface area contributed by atoms with Gasteiger partial charge in [-0.25, -0.2) is 0 Å². The van der Waals surface area contributed by atoms with Gasteiger partial charge in [-0.1, -0.05) is 0 Å². The molecular weight excluding hydrogens is 296 g/mol. The van der Waals surface area contributed by atoms with Crippen molar-refractivity contribution in [3.8, 4) is 5.75 Å². The van der Waals surface area contributed by atoms with Gasteiger partial charge in [-0.15, -0.1) is 0 Å². The van der Waals surface area contributed by atoms with E-state index in [0.717, 1.165) is 0 Å². The van der Waals surface area contributed by atoms with Crippen molar-refractivity contribution < 1.29 is 28.2 Å². The minimum Gasteiger partial charge on any atom is -0.481 e. The summed E-state index contributed by atoms with van der Waals surface area (Å²) in [5.41, 5.74) is 1.25. The summed E-state index contributed by atoms with van der Waals surface area (Å²) in [4.78, 5) is 24.1. The first-order chi connectivity index (χ1) is 10.2. The normalized spacial score (nSPS) is 10.6. The molecule has 0 aliphatic carbocycles. The van der Waals surface area contributed by atoms with Gasteiger partial charge in [-0.2, -0.15) is 8.78 Å². The highest BCUT2D eigenvalue weighted by atomic mass is 19.3. The molecule has 1 aromatic rings. The first-order valence-corrected chi connectivity index (χ1v) is 6.75. The third-order valence-electron chi connectivity index (χ3n) is 3.15. The summed E-state index contributed by atoms with van der Waals surface area (Å²) in [5.74, 6) is -1.14. The number of halogens is 2. The van der Waals surface area contributed by atoms with E-state index in [1.54, 1.807) is 20.9 Å². The van der Waals surface area contributed by atoms with Crippen LogP contribution < -0.4 is 4.74 Å². The number of hydrogen-bond donors (Lipinski definition) is 1. The maximum Gasteiger partial charge on any atom is 0.387 e. The second kappa shape index (κ2) is 7.72. The third-order valence-corrected chi connectivity index (χ3v) is 3.15. The van der Waals surface area contributed by atoms with E-state index in [9.17, 15) is 18.4 Å². The number of hydrogen-bond acceptors (Lipinski definition) is 3. The number of alkyl halides is 2. The minimum absolute atomic E-state index is 0.0170. The highest BCUT2D eigenvalue weighted by Crippen LogP contribution is 2.27. The Hall–Kier alpha value is -2.18. The number of carbonyl (C=O) groups is 2. The van der Waals surface area contributed by atoms with E-state index in [-0.39, 0.29) is 18.1 Å². The molecule has 1 rings (SSSR count). The fourth-order valence-corrected chi connectivity index (χ4v) is 2.14. The molecule has 1 N–H and O–H groups in total. The molecule has 0 saturated carbocycles. The number of nitrogens with zero attached hydrogens (tertiary/aromatic N) is 1. The zero-order valence-electron chi connectivity index (χ0n) is 12.7. The number of aliphatic carboxylic acids is 1. The van der Waals surface area contributed by atoms with Crippen LogP contribution in [0.4, 0.5) is 8.78 Å². The van der Waals surface area contributed by atoms with E-state index in [2.05, 4.69) is 4.74 Å². The van der Waals surface area contributed by atoms with Gasteiger partial charge in [0.2, 0.25) is 0 Å². The number of carboxylic acid groups (broad SMARTS) is 1. The van der Waals surface area contributed by atoms with Crippen molar-refractivity contribution >= 4 is 11.9 Å². The van der Waals surface area contributed by atoms with E-state index in [4.69, 9.17) is 5.11 Å². The van der Waals surface area contributed by atoms with Gasteiger partial charge in [-0.05, 0) is 43.5 Å². The van der Waals surface area contributed by atoms with Crippen molar-refractivity contribution in [3.63, 3.8) is 0 Å². The summed E-state index contributed by atoms with van der Waals surface area (Å²) >= 11 is 0. The zero-order chi connectivity index (χ0) is 16.9. The number of carboxylic acids is 1. The Labute approximate surface area is 127 Å². The van der Waals surface area contributed by atoms with E-state index in [0.29, 0.717) is 29.7 Å². The van der Waals surface area contributed by atoms with E-state index >= 15 is 0 Å². The second-order valence-electron chi connectivity index (χ2n) is 5.04. The molecule has 0 atom stereocenters. The van der Waals surface area contributed by atoms with E-state index in [1.165, 1.54) is 17.0 Å². The molecule has 1 aromatic carbocycles. The lowest BCUT2D eigenvalue weighted by Crippen LogP contribution is -2.28. The van der Waals surface area contributed by atoms with Crippen LogP contribution in [0.25, 0.3) is 0 Å². The summed E-state index contributed by atoms with van der Waals surface area (Å²) in [6.07, 6.45) is 0.332. The molecule has 0 heterocycles. The predicted octanol–water partition coefficient (Wildman–Crippen LogP) is 2.84. The predicted molar refractivity (Wildman–Crippen MR) is 76.4 cm³/mol. The third kappa shape index (κ3) is 4.98. The lowest BCUT2D eigenvalue weighted by atomic mass is 10.0. The van der Waals surface area contributed by atoms with Crippen LogP contribution in [0, 0.1) is 13.8 Å². The first-order valence-electron chi connectivity index (χ1n) is 6.75. The van der Waals surface area contributed by atoms with Gasteiger partial charge in [0.05, 0.1) is 0 Å². The van der Waals surface area contributed by atoms with Crippen LogP contribution in [0.3, 0.4) is 0 Å². The van der Waals surface area contributed by atoms with Gasteiger partial charge in [-0.3, -0.25) is 9.59 Å². The fourth-order valence-electron chi connectivity index (χ4n) is 2.14. The standard InChI is InChI=1S/C15H19F2NO4/c1-9-7-11(8-10(2)13(9)22-15(16)17)14(21)18(3)6-4-5-12(19)20/h7-8,15H,4-6H2,1-3H3,(H,19,20). The molecule has 0 unspecified atom stereocenters. The molecule has 22 heavy (non-hydrogen) atoms. The molecule has 0 aliphatic heterocycles. The summed E-state index contributed by atoms with van der Waals surface area (Å²) in [6, 6.07) is 2.97. The summed E-state index contributed by atoms with van der Waals surface area (Å²) < 4.78 is 29.1. The van der Waals surface area contributed by atoms with Crippen LogP contribution >= 0.6 is 0 Å². The average molecular weight is 315 g/mol. The molecule has 5 nitrogen and oxygen atoms in total. The highest BCUT2D eigenvalue weighted by Gasteiger charge is 2.17. The van der Waals surface area contributed by atoms with Crippen molar-refractivity contribution in [3.05, 3.63) is 28.8 Å². The number of rotatable bonds is 7. The fraction of sp³-hybridized carbons (Fsp3) is 0.467. The highest BCUT2D eigenvalue weighted by molar-refractivity contribution is 5.94. The number of aryl methyl sites for hydroxylation is 2. The second-order valence-corrected chi connectivity index (χ2v) is 5.04. The zero-order valence-corrected chi connectivity index (χ0v) is 12.7. The number of amides is 1. The van der Waals surface area contributed by atoms with Crippen LogP contribution in [0.15, 0.2) is 12.1 Å². The Kier molecular flexibility index (Phi) is 6.27. The molecule has 0 aromatic heterocycles. The smallest absolute Gasteiger partial charge is 0.387 e. The lowest BCUT2D eigenvalue weighted by molar-refractivity contribution is -0.137. The SMILES string of the molecule is Cc1cc(C(=O)N(C)CCCC(=O)O)cc(C)c1OC(F)F. The molecule has 0 saturated heterocycles. The Morgan fingerprint density at radius 2 is 1.82 bits per heavy atom. The van der Waals surface area contributed by atoms with Crippen molar-refractivity contribution in [2.24, 2.45) is 0 Å². The Balaban J connectivity index is 2.83. The van der Waals surface area contributed by atoms with Gasteiger partial charge in [0.25, 0.3) is 5.91 Å². The maximum absolute atomic E-state index is 12.3. The van der Waals surface area contributed by atoms with Crippen LogP contribution in [0.2, 0.25) is 0 Å². The molecule has 1 amide bonds. The largest absolute Gasteiger partial charge is 0.481 e. The van der Waals surface area contributed by atoms with Gasteiger partial charge in [0, 0.05) is 25.6 Å². The number of benzene rings is 1. The van der Waals surface area contributed by atoms with Crippen molar-refractivity contribution in [2.45, 2.75) is 33.3 Å². The number of ether oxygens (including phenoxy) is 1. The van der Waals surface area contributed by atoms with Gasteiger partial charge in [0.1, 0.15) is 5.75 Å². The molecule has 7 heteroatoms. The van der Waals surface area contributed by atoms with Crippen LogP contribution in [0.5, 0.6) is 5.75 Å². The van der Waals surface area contributed by atoms with Gasteiger partial charge < -0.3 is 14.7 Å². The van der Waals surface area contributed by atoms with Crippen LogP contribution in [-0.4, -0.2) is 42.1 Å². The van der Waals surface area contributed by atoms with Crippen LogP contribution in [0.1, 0.15) is 34.3 Å². The molecule has 0 radical (unpaired) electrons. The molecular formula is C15H19F2NO4. The monoisotopic (exact) mass is 315 g/mol. The van der Waals surface area contributed by atoms with Crippen molar-refractivity contribution in [1.82, 2.24) is 4.90 Å². The molecule has 122 valence electrons. The van der Waals surface area contributed by atoms with E-state index in [1.807, 2.05) is 0 Å². The Bertz CT molecular complexity index is 537. The van der Waals surface area contributed by atoms with Crippen LogP contribution in [-0.2, 0) is 4.79 Å². The summed E-state index contributed by atoms with van der Waals surface area (Å²) in [7, 11) is 1.57. The molecule has 0 fully saturated rings. The lowest BCUT2D eigenvalue weighted by Gasteiger charge is -2.18. The Morgan fingerprint density at radius 3 is 2.27 bits per heavy atom. The Morgan fingerprint density at radius 1 is 1.27 bits per heavy atom. The van der Waals surface area contributed by atoms with Crippen molar-refractivity contribution in [2.75, 3.05) is 13.6 Å². The molecule has 0 spiro atoms. The van der Waals surface area contributed by atoms with E-state index < -0.39 is 12.6 Å². The molecule has 0 bridgehead atoms. The van der Waals surface area contributed by atoms with Gasteiger partial charge in [0.15, 0.2) is 0 Å². The maximum atomic E-state index is 12.3. The molecule has 0 aliphatic rings. The van der Waals surface area contributed by atoms with Gasteiger partial charge >= 0.3 is 12.6 Å². The minimum atomic E-state index is -2.92. The topological polar surface area (TPSA) is 66.8 Å². The number of carbonyl (C=O) groups excluding carboxylic acids is 1. The first kappa shape index (κ1) is 17.9. The quantitative estimate of drug-likeness (QED) is 0.840. The average Bonchev–Trinajstić information content (AvgIpc) is 2.41. The summed E-state index contributed by atoms with van der Waals surface area (Å²) in [6.45, 7) is 0.564. The summed E-state index contributed by atoms with van der Waals surface area (Å²) in [5, 5.41) is 8.58.